The normalized spacial score (nSPS) is 13.1. The maximum Gasteiger partial charge on any atom is 0.0563 e. The quantitative estimate of drug-likeness (QED) is 0.863. The highest BCUT2D eigenvalue weighted by molar-refractivity contribution is 9.10. The summed E-state index contributed by atoms with van der Waals surface area (Å²) in [7, 11) is 0. The lowest BCUT2D eigenvalue weighted by atomic mass is 9.99. The third kappa shape index (κ3) is 4.35. The Bertz CT molecular complexity index is 296. The van der Waals surface area contributed by atoms with Crippen LogP contribution in [0, 0.1) is 5.92 Å². The molecule has 0 aliphatic carbocycles. The molecule has 0 aliphatic heterocycles. The fourth-order valence-corrected chi connectivity index (χ4v) is 2.02. The predicted octanol–water partition coefficient (Wildman–Crippen LogP) is 3.79. The molecule has 0 bridgehead atoms. The Morgan fingerprint density at radius 1 is 1.27 bits per heavy atom. The SMILES string of the molecule is CC(C)C(O)CCCc1ccccc1Br. The number of rotatable bonds is 5. The van der Waals surface area contributed by atoms with Crippen LogP contribution in [-0.4, -0.2) is 11.2 Å². The molecule has 1 nitrogen and oxygen atoms in total. The van der Waals surface area contributed by atoms with E-state index in [2.05, 4.69) is 48.0 Å². The Morgan fingerprint density at radius 2 is 1.93 bits per heavy atom. The molecular weight excluding hydrogens is 252 g/mol. The van der Waals surface area contributed by atoms with E-state index in [9.17, 15) is 5.11 Å². The van der Waals surface area contributed by atoms with Gasteiger partial charge in [0.1, 0.15) is 0 Å². The van der Waals surface area contributed by atoms with Gasteiger partial charge in [-0.25, -0.2) is 0 Å². The highest BCUT2D eigenvalue weighted by atomic mass is 79.9. The summed E-state index contributed by atoms with van der Waals surface area (Å²) < 4.78 is 1.17. The van der Waals surface area contributed by atoms with Crippen LogP contribution in [0.5, 0.6) is 0 Å². The van der Waals surface area contributed by atoms with E-state index in [1.807, 2.05) is 6.07 Å². The number of aliphatic hydroxyl groups is 1. The lowest BCUT2D eigenvalue weighted by Crippen LogP contribution is -2.14. The summed E-state index contributed by atoms with van der Waals surface area (Å²) in [5.41, 5.74) is 1.33. The van der Waals surface area contributed by atoms with Crippen molar-refractivity contribution < 1.29 is 5.11 Å². The average molecular weight is 271 g/mol. The van der Waals surface area contributed by atoms with Gasteiger partial charge in [0.05, 0.1) is 6.10 Å². The molecule has 0 saturated heterocycles. The molecule has 1 rings (SSSR count). The summed E-state index contributed by atoms with van der Waals surface area (Å²) in [6.07, 6.45) is 2.80. The Labute approximate surface area is 101 Å². The first-order valence-corrected chi connectivity index (χ1v) is 6.32. The minimum Gasteiger partial charge on any atom is -0.393 e. The second-order valence-electron chi connectivity index (χ2n) is 4.30. The van der Waals surface area contributed by atoms with Gasteiger partial charge in [-0.15, -0.1) is 0 Å². The lowest BCUT2D eigenvalue weighted by molar-refractivity contribution is 0.114. The van der Waals surface area contributed by atoms with Crippen molar-refractivity contribution in [3.05, 3.63) is 34.3 Å². The fourth-order valence-electron chi connectivity index (χ4n) is 1.54. The van der Waals surface area contributed by atoms with Crippen molar-refractivity contribution >= 4 is 15.9 Å². The summed E-state index contributed by atoms with van der Waals surface area (Å²) in [5.74, 6) is 0.365. The molecule has 0 aliphatic rings. The zero-order valence-electron chi connectivity index (χ0n) is 9.41. The summed E-state index contributed by atoms with van der Waals surface area (Å²) in [5, 5.41) is 9.66. The molecule has 0 spiro atoms. The molecule has 0 amide bonds. The zero-order valence-corrected chi connectivity index (χ0v) is 11.0. The van der Waals surface area contributed by atoms with Gasteiger partial charge < -0.3 is 5.11 Å². The zero-order chi connectivity index (χ0) is 11.3. The molecule has 1 atom stereocenters. The largest absolute Gasteiger partial charge is 0.393 e. The van der Waals surface area contributed by atoms with E-state index in [4.69, 9.17) is 0 Å². The number of hydrogen-bond acceptors (Lipinski definition) is 1. The minimum atomic E-state index is -0.160. The highest BCUT2D eigenvalue weighted by Gasteiger charge is 2.08. The van der Waals surface area contributed by atoms with Crippen molar-refractivity contribution in [1.29, 1.82) is 0 Å². The molecule has 1 unspecified atom stereocenters. The molecule has 2 heteroatoms. The molecule has 1 aromatic rings. The number of halogens is 1. The summed E-state index contributed by atoms with van der Waals surface area (Å²) >= 11 is 3.53. The molecule has 0 saturated carbocycles. The van der Waals surface area contributed by atoms with Gasteiger partial charge in [0.2, 0.25) is 0 Å². The smallest absolute Gasteiger partial charge is 0.0563 e. The van der Waals surface area contributed by atoms with Crippen LogP contribution in [0.4, 0.5) is 0 Å². The molecule has 0 radical (unpaired) electrons. The summed E-state index contributed by atoms with van der Waals surface area (Å²) in [6.45, 7) is 4.12. The predicted molar refractivity (Wildman–Crippen MR) is 67.9 cm³/mol. The van der Waals surface area contributed by atoms with E-state index < -0.39 is 0 Å². The van der Waals surface area contributed by atoms with E-state index >= 15 is 0 Å². The van der Waals surface area contributed by atoms with Gasteiger partial charge in [-0.2, -0.15) is 0 Å². The molecular formula is C13H19BrO. The second kappa shape index (κ2) is 6.29. The van der Waals surface area contributed by atoms with Gasteiger partial charge in [0.15, 0.2) is 0 Å². The number of hydrogen-bond donors (Lipinski definition) is 1. The van der Waals surface area contributed by atoms with Gasteiger partial charge in [0, 0.05) is 4.47 Å². The first kappa shape index (κ1) is 12.7. The molecule has 0 aromatic heterocycles. The molecule has 0 fully saturated rings. The average Bonchev–Trinajstić information content (AvgIpc) is 2.20. The van der Waals surface area contributed by atoms with Crippen LogP contribution in [0.15, 0.2) is 28.7 Å². The van der Waals surface area contributed by atoms with E-state index in [-0.39, 0.29) is 6.10 Å². The van der Waals surface area contributed by atoms with Crippen LogP contribution in [0.3, 0.4) is 0 Å². The number of aliphatic hydroxyl groups excluding tert-OH is 1. The van der Waals surface area contributed by atoms with E-state index in [0.717, 1.165) is 19.3 Å². The Hall–Kier alpha value is -0.340. The highest BCUT2D eigenvalue weighted by Crippen LogP contribution is 2.19. The molecule has 1 aromatic carbocycles. The van der Waals surface area contributed by atoms with E-state index in [1.165, 1.54) is 10.0 Å². The van der Waals surface area contributed by atoms with E-state index in [0.29, 0.717) is 5.92 Å². The molecule has 0 heterocycles. The van der Waals surface area contributed by atoms with Crippen molar-refractivity contribution in [2.24, 2.45) is 5.92 Å². The van der Waals surface area contributed by atoms with Crippen molar-refractivity contribution in [1.82, 2.24) is 0 Å². The van der Waals surface area contributed by atoms with Gasteiger partial charge in [-0.3, -0.25) is 0 Å². The van der Waals surface area contributed by atoms with Crippen LogP contribution >= 0.6 is 15.9 Å². The third-order valence-corrected chi connectivity index (χ3v) is 3.45. The Kier molecular flexibility index (Phi) is 5.34. The van der Waals surface area contributed by atoms with Gasteiger partial charge in [-0.1, -0.05) is 48.0 Å². The lowest BCUT2D eigenvalue weighted by Gasteiger charge is -2.14. The first-order chi connectivity index (χ1) is 7.11. The third-order valence-electron chi connectivity index (χ3n) is 2.67. The number of benzene rings is 1. The first-order valence-electron chi connectivity index (χ1n) is 5.52. The van der Waals surface area contributed by atoms with Gasteiger partial charge in [0.25, 0.3) is 0 Å². The van der Waals surface area contributed by atoms with Crippen molar-refractivity contribution in [3.63, 3.8) is 0 Å². The van der Waals surface area contributed by atoms with Gasteiger partial charge in [-0.05, 0) is 36.8 Å². The van der Waals surface area contributed by atoms with Crippen molar-refractivity contribution in [2.45, 2.75) is 39.2 Å². The topological polar surface area (TPSA) is 20.2 Å². The van der Waals surface area contributed by atoms with Gasteiger partial charge >= 0.3 is 0 Å². The maximum absolute atomic E-state index is 9.66. The summed E-state index contributed by atoms with van der Waals surface area (Å²) in [6, 6.07) is 8.27. The monoisotopic (exact) mass is 270 g/mol. The molecule has 84 valence electrons. The van der Waals surface area contributed by atoms with Crippen molar-refractivity contribution in [3.8, 4) is 0 Å². The van der Waals surface area contributed by atoms with Crippen LogP contribution in [0.2, 0.25) is 0 Å². The Balaban J connectivity index is 2.35. The van der Waals surface area contributed by atoms with Crippen LogP contribution in [-0.2, 0) is 6.42 Å². The van der Waals surface area contributed by atoms with Crippen LogP contribution in [0.1, 0.15) is 32.3 Å². The summed E-state index contributed by atoms with van der Waals surface area (Å²) in [4.78, 5) is 0. The molecule has 1 N–H and O–H groups in total. The second-order valence-corrected chi connectivity index (χ2v) is 5.15. The fraction of sp³-hybridized carbons (Fsp3) is 0.538. The van der Waals surface area contributed by atoms with Crippen molar-refractivity contribution in [2.75, 3.05) is 0 Å². The standard InChI is InChI=1S/C13H19BrO/c1-10(2)13(15)9-5-7-11-6-3-4-8-12(11)14/h3-4,6,8,10,13,15H,5,7,9H2,1-2H3. The Morgan fingerprint density at radius 3 is 2.53 bits per heavy atom. The van der Waals surface area contributed by atoms with Crippen LogP contribution in [0.25, 0.3) is 0 Å². The van der Waals surface area contributed by atoms with Crippen LogP contribution < -0.4 is 0 Å². The number of aryl methyl sites for hydroxylation is 1. The molecule has 15 heavy (non-hydrogen) atoms. The minimum absolute atomic E-state index is 0.160. The van der Waals surface area contributed by atoms with E-state index in [1.54, 1.807) is 0 Å². The maximum atomic E-state index is 9.66.